The van der Waals surface area contributed by atoms with Gasteiger partial charge in [-0.2, -0.15) is 0 Å². The Bertz CT molecular complexity index is 678. The first-order valence-corrected chi connectivity index (χ1v) is 9.20. The Balaban J connectivity index is 1.61. The van der Waals surface area contributed by atoms with Crippen molar-refractivity contribution in [1.29, 1.82) is 0 Å². The van der Waals surface area contributed by atoms with E-state index in [1.165, 1.54) is 24.2 Å². The molecule has 1 aliphatic carbocycles. The van der Waals surface area contributed by atoms with Crippen molar-refractivity contribution in [1.82, 2.24) is 15.0 Å². The van der Waals surface area contributed by atoms with Crippen LogP contribution in [0.5, 0.6) is 0 Å². The molecule has 112 valence electrons. The van der Waals surface area contributed by atoms with Gasteiger partial charge in [-0.1, -0.05) is 12.1 Å². The molecular weight excluding hydrogens is 306 g/mol. The first-order chi connectivity index (χ1) is 10.1. The first kappa shape index (κ1) is 14.6. The van der Waals surface area contributed by atoms with E-state index < -0.39 is 10.0 Å². The molecule has 3 rings (SSSR count). The minimum atomic E-state index is -3.55. The van der Waals surface area contributed by atoms with Gasteiger partial charge in [0.2, 0.25) is 0 Å². The zero-order chi connectivity index (χ0) is 14.7. The van der Waals surface area contributed by atoms with Crippen molar-refractivity contribution in [3.8, 4) is 0 Å². The van der Waals surface area contributed by atoms with Crippen molar-refractivity contribution in [2.75, 3.05) is 0 Å². The van der Waals surface area contributed by atoms with Gasteiger partial charge in [-0.15, -0.1) is 11.3 Å². The van der Waals surface area contributed by atoms with Crippen LogP contribution in [0.15, 0.2) is 40.9 Å². The summed E-state index contributed by atoms with van der Waals surface area (Å²) in [4.78, 5) is 5.04. The molecule has 0 atom stereocenters. The van der Waals surface area contributed by atoms with Crippen molar-refractivity contribution >= 4 is 21.4 Å². The highest BCUT2D eigenvalue weighted by atomic mass is 32.2. The van der Waals surface area contributed by atoms with Gasteiger partial charge in [0, 0.05) is 30.2 Å². The lowest BCUT2D eigenvalue weighted by molar-refractivity contribution is 0.577. The van der Waals surface area contributed by atoms with Gasteiger partial charge in [-0.05, 0) is 35.9 Å². The van der Waals surface area contributed by atoms with Gasteiger partial charge >= 0.3 is 0 Å². The number of nitrogens with zero attached hydrogens (tertiary/aromatic N) is 1. The lowest BCUT2D eigenvalue weighted by Crippen LogP contribution is -2.24. The van der Waals surface area contributed by atoms with Crippen molar-refractivity contribution in [3.05, 3.63) is 46.3 Å². The molecule has 7 heteroatoms. The molecule has 1 aliphatic rings. The van der Waals surface area contributed by atoms with Crippen LogP contribution in [0, 0.1) is 0 Å². The van der Waals surface area contributed by atoms with E-state index in [2.05, 4.69) is 15.0 Å². The van der Waals surface area contributed by atoms with Crippen LogP contribution < -0.4 is 10.0 Å². The Kier molecular flexibility index (Phi) is 4.34. The summed E-state index contributed by atoms with van der Waals surface area (Å²) in [6.45, 7) is 1.04. The Morgan fingerprint density at radius 3 is 2.71 bits per heavy atom. The molecule has 2 N–H and O–H groups in total. The molecule has 1 fully saturated rings. The minimum Gasteiger partial charge on any atom is -0.310 e. The number of pyridine rings is 1. The SMILES string of the molecule is O=S(=O)(NCc1cccs1)c1ccc(CNC2CC2)cn1. The largest absolute Gasteiger partial charge is 0.310 e. The summed E-state index contributed by atoms with van der Waals surface area (Å²) in [5.41, 5.74) is 0.999. The number of aromatic nitrogens is 1. The molecule has 21 heavy (non-hydrogen) atoms. The number of rotatable bonds is 7. The molecular formula is C14H17N3O2S2. The summed E-state index contributed by atoms with van der Waals surface area (Å²) < 4.78 is 26.8. The van der Waals surface area contributed by atoms with E-state index in [1.807, 2.05) is 23.6 Å². The second-order valence-corrected chi connectivity index (χ2v) is 7.81. The molecule has 2 aromatic heterocycles. The fraction of sp³-hybridized carbons (Fsp3) is 0.357. The van der Waals surface area contributed by atoms with Crippen LogP contribution in [0.4, 0.5) is 0 Å². The van der Waals surface area contributed by atoms with Gasteiger partial charge in [0.15, 0.2) is 5.03 Å². The fourth-order valence-electron chi connectivity index (χ4n) is 1.88. The number of hydrogen-bond acceptors (Lipinski definition) is 5. The molecule has 5 nitrogen and oxygen atoms in total. The van der Waals surface area contributed by atoms with Crippen LogP contribution in [0.2, 0.25) is 0 Å². The van der Waals surface area contributed by atoms with Gasteiger partial charge in [-0.3, -0.25) is 0 Å². The Morgan fingerprint density at radius 1 is 1.24 bits per heavy atom. The highest BCUT2D eigenvalue weighted by Gasteiger charge is 2.20. The summed E-state index contributed by atoms with van der Waals surface area (Å²) in [6.07, 6.45) is 4.08. The Hall–Kier alpha value is -1.28. The van der Waals surface area contributed by atoms with E-state index in [9.17, 15) is 8.42 Å². The monoisotopic (exact) mass is 323 g/mol. The summed E-state index contributed by atoms with van der Waals surface area (Å²) in [7, 11) is -3.55. The molecule has 0 aromatic carbocycles. The third-order valence-electron chi connectivity index (χ3n) is 3.26. The van der Waals surface area contributed by atoms with Crippen LogP contribution in [0.25, 0.3) is 0 Å². The van der Waals surface area contributed by atoms with E-state index in [1.54, 1.807) is 12.3 Å². The summed E-state index contributed by atoms with van der Waals surface area (Å²) in [5.74, 6) is 0. The lowest BCUT2D eigenvalue weighted by Gasteiger charge is -2.06. The average Bonchev–Trinajstić information content (AvgIpc) is 3.17. The zero-order valence-corrected chi connectivity index (χ0v) is 13.1. The number of hydrogen-bond donors (Lipinski definition) is 2. The van der Waals surface area contributed by atoms with E-state index in [0.29, 0.717) is 12.6 Å². The topological polar surface area (TPSA) is 71.1 Å². The number of thiophene rings is 1. The minimum absolute atomic E-state index is 0.0641. The normalized spacial score (nSPS) is 15.2. The molecule has 0 saturated heterocycles. The van der Waals surface area contributed by atoms with Crippen molar-refractivity contribution in [2.45, 2.75) is 37.0 Å². The first-order valence-electron chi connectivity index (χ1n) is 6.84. The standard InChI is InChI=1S/C14H17N3O2S2/c18-21(19,17-10-13-2-1-7-20-13)14-6-3-11(9-16-14)8-15-12-4-5-12/h1-3,6-7,9,12,15,17H,4-5,8,10H2. The molecule has 2 heterocycles. The molecule has 0 spiro atoms. The second kappa shape index (κ2) is 6.23. The maximum absolute atomic E-state index is 12.1. The summed E-state index contributed by atoms with van der Waals surface area (Å²) in [5, 5.41) is 5.36. The zero-order valence-electron chi connectivity index (χ0n) is 11.5. The maximum Gasteiger partial charge on any atom is 0.258 e. The highest BCUT2D eigenvalue weighted by Crippen LogP contribution is 2.19. The van der Waals surface area contributed by atoms with Crippen LogP contribution >= 0.6 is 11.3 Å². The molecule has 1 saturated carbocycles. The average molecular weight is 323 g/mol. The van der Waals surface area contributed by atoms with Crippen LogP contribution in [0.3, 0.4) is 0 Å². The van der Waals surface area contributed by atoms with Crippen LogP contribution in [-0.4, -0.2) is 19.4 Å². The third-order valence-corrected chi connectivity index (χ3v) is 5.45. The molecule has 0 amide bonds. The van der Waals surface area contributed by atoms with Gasteiger partial charge in [0.25, 0.3) is 10.0 Å². The van der Waals surface area contributed by atoms with Gasteiger partial charge in [0.05, 0.1) is 0 Å². The second-order valence-electron chi connectivity index (χ2n) is 5.06. The van der Waals surface area contributed by atoms with E-state index >= 15 is 0 Å². The van der Waals surface area contributed by atoms with Crippen molar-refractivity contribution in [2.24, 2.45) is 0 Å². The lowest BCUT2D eigenvalue weighted by atomic mass is 10.3. The smallest absolute Gasteiger partial charge is 0.258 e. The third kappa shape index (κ3) is 4.10. The highest BCUT2D eigenvalue weighted by molar-refractivity contribution is 7.89. The predicted molar refractivity (Wildman–Crippen MR) is 82.4 cm³/mol. The predicted octanol–water partition coefficient (Wildman–Crippen LogP) is 1.87. The molecule has 0 unspecified atom stereocenters. The van der Waals surface area contributed by atoms with Crippen molar-refractivity contribution in [3.63, 3.8) is 0 Å². The summed E-state index contributed by atoms with van der Waals surface area (Å²) >= 11 is 1.52. The fourth-order valence-corrected chi connectivity index (χ4v) is 3.55. The van der Waals surface area contributed by atoms with Gasteiger partial charge in [-0.25, -0.2) is 18.1 Å². The van der Waals surface area contributed by atoms with Crippen molar-refractivity contribution < 1.29 is 8.42 Å². The maximum atomic E-state index is 12.1. The number of sulfonamides is 1. The van der Waals surface area contributed by atoms with Gasteiger partial charge < -0.3 is 5.32 Å². The number of nitrogens with one attached hydrogen (secondary N) is 2. The molecule has 0 bridgehead atoms. The van der Waals surface area contributed by atoms with E-state index in [4.69, 9.17) is 0 Å². The molecule has 0 radical (unpaired) electrons. The Labute approximate surface area is 128 Å². The van der Waals surface area contributed by atoms with E-state index in [-0.39, 0.29) is 5.03 Å². The quantitative estimate of drug-likeness (QED) is 0.816. The molecule has 0 aliphatic heterocycles. The van der Waals surface area contributed by atoms with Crippen LogP contribution in [-0.2, 0) is 23.1 Å². The van der Waals surface area contributed by atoms with Gasteiger partial charge in [0.1, 0.15) is 0 Å². The van der Waals surface area contributed by atoms with Crippen LogP contribution in [0.1, 0.15) is 23.3 Å². The molecule has 2 aromatic rings. The summed E-state index contributed by atoms with van der Waals surface area (Å²) in [6, 6.07) is 7.78. The van der Waals surface area contributed by atoms with E-state index in [0.717, 1.165) is 17.0 Å². The Morgan fingerprint density at radius 2 is 2.10 bits per heavy atom.